The van der Waals surface area contributed by atoms with E-state index in [4.69, 9.17) is 11.6 Å². The molecule has 0 heterocycles. The Bertz CT molecular complexity index is 704. The Morgan fingerprint density at radius 3 is 2.40 bits per heavy atom. The maximum atomic E-state index is 12.0. The van der Waals surface area contributed by atoms with E-state index in [2.05, 4.69) is 5.32 Å². The third-order valence-electron chi connectivity index (χ3n) is 3.92. The second-order valence-corrected chi connectivity index (χ2v) is 6.33. The van der Waals surface area contributed by atoms with E-state index in [1.165, 1.54) is 0 Å². The minimum absolute atomic E-state index is 0.000614. The average Bonchev–Trinajstić information content (AvgIpc) is 2.58. The van der Waals surface area contributed by atoms with Crippen molar-refractivity contribution in [3.63, 3.8) is 0 Å². The number of benzene rings is 2. The Morgan fingerprint density at radius 2 is 1.72 bits per heavy atom. The van der Waals surface area contributed by atoms with Gasteiger partial charge in [-0.25, -0.2) is 0 Å². The van der Waals surface area contributed by atoms with Gasteiger partial charge in [0, 0.05) is 31.6 Å². The third kappa shape index (κ3) is 6.98. The molecule has 0 bridgehead atoms. The van der Waals surface area contributed by atoms with Crippen LogP contribution in [0.3, 0.4) is 0 Å². The van der Waals surface area contributed by atoms with Crippen LogP contribution in [0.15, 0.2) is 54.6 Å². The zero-order valence-electron chi connectivity index (χ0n) is 14.4. The van der Waals surface area contributed by atoms with Gasteiger partial charge in [-0.15, -0.1) is 0 Å². The Balaban J connectivity index is 1.75. The van der Waals surface area contributed by atoms with Crippen LogP contribution in [0.5, 0.6) is 0 Å². The van der Waals surface area contributed by atoms with Crippen LogP contribution in [0.2, 0.25) is 5.02 Å². The summed E-state index contributed by atoms with van der Waals surface area (Å²) in [6.07, 6.45) is 1.08. The van der Waals surface area contributed by atoms with Crippen LogP contribution in [0, 0.1) is 0 Å². The summed E-state index contributed by atoms with van der Waals surface area (Å²) in [6.45, 7) is 3.09. The maximum absolute atomic E-state index is 12.0. The Hall–Kier alpha value is -2.33. The zero-order valence-corrected chi connectivity index (χ0v) is 15.1. The summed E-state index contributed by atoms with van der Waals surface area (Å²) in [4.78, 5) is 25.5. The Morgan fingerprint density at radius 1 is 1.00 bits per heavy atom. The lowest BCUT2D eigenvalue weighted by atomic mass is 10.1. The van der Waals surface area contributed by atoms with Crippen molar-refractivity contribution in [1.82, 2.24) is 10.2 Å². The molecule has 2 aromatic rings. The summed E-state index contributed by atoms with van der Waals surface area (Å²) in [6, 6.07) is 17.2. The number of carbonyl (C=O) groups excluding carboxylic acids is 2. The second kappa shape index (κ2) is 9.84. The number of nitrogens with one attached hydrogen (secondary N) is 1. The molecule has 0 radical (unpaired) electrons. The van der Waals surface area contributed by atoms with Crippen molar-refractivity contribution in [2.24, 2.45) is 0 Å². The number of hydrogen-bond acceptors (Lipinski definition) is 2. The SMILES string of the molecule is CC(=O)N(CCNC(=O)Cc1ccccc1)CCc1cccc(Cl)c1. The number of halogens is 1. The van der Waals surface area contributed by atoms with E-state index in [1.54, 1.807) is 11.8 Å². The molecule has 0 aliphatic carbocycles. The van der Waals surface area contributed by atoms with Crippen molar-refractivity contribution in [2.45, 2.75) is 19.8 Å². The van der Waals surface area contributed by atoms with Crippen LogP contribution in [-0.4, -0.2) is 36.3 Å². The van der Waals surface area contributed by atoms with Crippen LogP contribution in [0.4, 0.5) is 0 Å². The van der Waals surface area contributed by atoms with Crippen molar-refractivity contribution in [3.05, 3.63) is 70.7 Å². The molecule has 0 unspecified atom stereocenters. The fraction of sp³-hybridized carbons (Fsp3) is 0.300. The molecule has 2 rings (SSSR count). The molecule has 1 N–H and O–H groups in total. The minimum atomic E-state index is -0.0375. The van der Waals surface area contributed by atoms with E-state index in [9.17, 15) is 9.59 Å². The highest BCUT2D eigenvalue weighted by atomic mass is 35.5. The van der Waals surface area contributed by atoms with Crippen LogP contribution >= 0.6 is 11.6 Å². The summed E-state index contributed by atoms with van der Waals surface area (Å²) >= 11 is 5.98. The van der Waals surface area contributed by atoms with Gasteiger partial charge in [-0.05, 0) is 29.7 Å². The number of hydrogen-bond donors (Lipinski definition) is 1. The molecule has 5 heteroatoms. The molecule has 0 saturated carbocycles. The smallest absolute Gasteiger partial charge is 0.224 e. The van der Waals surface area contributed by atoms with E-state index in [0.717, 1.165) is 17.5 Å². The third-order valence-corrected chi connectivity index (χ3v) is 4.15. The highest BCUT2D eigenvalue weighted by Gasteiger charge is 2.10. The second-order valence-electron chi connectivity index (χ2n) is 5.90. The van der Waals surface area contributed by atoms with Gasteiger partial charge in [0.05, 0.1) is 6.42 Å². The largest absolute Gasteiger partial charge is 0.354 e. The van der Waals surface area contributed by atoms with Crippen LogP contribution < -0.4 is 5.32 Å². The van der Waals surface area contributed by atoms with Crippen molar-refractivity contribution in [3.8, 4) is 0 Å². The first-order chi connectivity index (χ1) is 12.0. The van der Waals surface area contributed by atoms with Crippen molar-refractivity contribution in [1.29, 1.82) is 0 Å². The standard InChI is InChI=1S/C20H23ClN2O2/c1-16(24)23(12-10-18-8-5-9-19(21)14-18)13-11-22-20(25)15-17-6-3-2-4-7-17/h2-9,14H,10-13,15H2,1H3,(H,22,25). The molecule has 0 atom stereocenters. The molecule has 2 aromatic carbocycles. The number of nitrogens with zero attached hydrogens (tertiary/aromatic N) is 1. The minimum Gasteiger partial charge on any atom is -0.354 e. The molecular weight excluding hydrogens is 336 g/mol. The highest BCUT2D eigenvalue weighted by Crippen LogP contribution is 2.11. The first kappa shape index (κ1) is 19.0. The quantitative estimate of drug-likeness (QED) is 0.788. The van der Waals surface area contributed by atoms with Crippen molar-refractivity contribution < 1.29 is 9.59 Å². The van der Waals surface area contributed by atoms with E-state index in [0.29, 0.717) is 31.1 Å². The topological polar surface area (TPSA) is 49.4 Å². The summed E-state index contributed by atoms with van der Waals surface area (Å²) in [5, 5.41) is 3.56. The van der Waals surface area contributed by atoms with Crippen molar-refractivity contribution in [2.75, 3.05) is 19.6 Å². The molecule has 132 valence electrons. The molecule has 2 amide bonds. The van der Waals surface area contributed by atoms with Crippen LogP contribution in [0.25, 0.3) is 0 Å². The Labute approximate surface area is 153 Å². The van der Waals surface area contributed by atoms with Gasteiger partial charge in [0.25, 0.3) is 0 Å². The fourth-order valence-corrected chi connectivity index (χ4v) is 2.77. The molecule has 0 spiro atoms. The fourth-order valence-electron chi connectivity index (χ4n) is 2.56. The molecule has 0 aliphatic heterocycles. The van der Waals surface area contributed by atoms with Gasteiger partial charge in [0.2, 0.25) is 11.8 Å². The van der Waals surface area contributed by atoms with Gasteiger partial charge in [-0.2, -0.15) is 0 Å². The maximum Gasteiger partial charge on any atom is 0.224 e. The zero-order chi connectivity index (χ0) is 18.1. The molecule has 0 fully saturated rings. The van der Waals surface area contributed by atoms with E-state index in [1.807, 2.05) is 54.6 Å². The monoisotopic (exact) mass is 358 g/mol. The number of carbonyl (C=O) groups is 2. The van der Waals surface area contributed by atoms with E-state index < -0.39 is 0 Å². The number of amides is 2. The lowest BCUT2D eigenvalue weighted by Gasteiger charge is -2.21. The number of rotatable bonds is 8. The van der Waals surface area contributed by atoms with Gasteiger partial charge >= 0.3 is 0 Å². The van der Waals surface area contributed by atoms with Crippen LogP contribution in [-0.2, 0) is 22.4 Å². The summed E-state index contributed by atoms with van der Waals surface area (Å²) in [5.41, 5.74) is 2.07. The summed E-state index contributed by atoms with van der Waals surface area (Å²) in [7, 11) is 0. The van der Waals surface area contributed by atoms with Gasteiger partial charge in [0.1, 0.15) is 0 Å². The van der Waals surface area contributed by atoms with Gasteiger partial charge < -0.3 is 10.2 Å². The molecule has 4 nitrogen and oxygen atoms in total. The molecule has 0 saturated heterocycles. The van der Waals surface area contributed by atoms with E-state index in [-0.39, 0.29) is 11.8 Å². The van der Waals surface area contributed by atoms with Gasteiger partial charge in [0.15, 0.2) is 0 Å². The average molecular weight is 359 g/mol. The first-order valence-electron chi connectivity index (χ1n) is 8.35. The highest BCUT2D eigenvalue weighted by molar-refractivity contribution is 6.30. The lowest BCUT2D eigenvalue weighted by molar-refractivity contribution is -0.129. The van der Waals surface area contributed by atoms with E-state index >= 15 is 0 Å². The van der Waals surface area contributed by atoms with Gasteiger partial charge in [-0.1, -0.05) is 54.1 Å². The molecular formula is C20H23ClN2O2. The molecule has 25 heavy (non-hydrogen) atoms. The normalized spacial score (nSPS) is 10.3. The predicted octanol–water partition coefficient (Wildman–Crippen LogP) is 3.09. The summed E-state index contributed by atoms with van der Waals surface area (Å²) < 4.78 is 0. The lowest BCUT2D eigenvalue weighted by Crippen LogP contribution is -2.39. The Kier molecular flexibility index (Phi) is 7.48. The summed E-state index contributed by atoms with van der Waals surface area (Å²) in [5.74, 6) is -0.0381. The predicted molar refractivity (Wildman–Crippen MR) is 101 cm³/mol. The van der Waals surface area contributed by atoms with Gasteiger partial charge in [-0.3, -0.25) is 9.59 Å². The van der Waals surface area contributed by atoms with Crippen molar-refractivity contribution >= 4 is 23.4 Å². The molecule has 0 aliphatic rings. The van der Waals surface area contributed by atoms with Crippen LogP contribution in [0.1, 0.15) is 18.1 Å². The molecule has 0 aromatic heterocycles. The first-order valence-corrected chi connectivity index (χ1v) is 8.73.